The van der Waals surface area contributed by atoms with Crippen LogP contribution in [0.4, 0.5) is 5.69 Å². The van der Waals surface area contributed by atoms with E-state index < -0.39 is 0 Å². The number of fused-ring (bicyclic) bond motifs is 1. The quantitative estimate of drug-likeness (QED) is 0.577. The fourth-order valence-corrected chi connectivity index (χ4v) is 2.03. The lowest BCUT2D eigenvalue weighted by Gasteiger charge is -2.26. The normalized spacial score (nSPS) is 18.8. The third-order valence-corrected chi connectivity index (χ3v) is 2.86. The lowest BCUT2D eigenvalue weighted by molar-refractivity contribution is -0.109. The average molecular weight is 204 g/mol. The molecule has 0 aliphatic carbocycles. The van der Waals surface area contributed by atoms with Gasteiger partial charge in [0, 0.05) is 18.3 Å². The molecule has 3 heteroatoms. The Morgan fingerprint density at radius 2 is 2.33 bits per heavy atom. The summed E-state index contributed by atoms with van der Waals surface area (Å²) in [5.41, 5.74) is 2.65. The fourth-order valence-electron chi connectivity index (χ4n) is 2.03. The van der Waals surface area contributed by atoms with Crippen molar-refractivity contribution >= 4 is 12.1 Å². The minimum Gasteiger partial charge on any atom is -0.382 e. The molecule has 0 aromatic heterocycles. The number of nitrogens with one attached hydrogen (secondary N) is 2. The molecule has 1 aromatic rings. The smallest absolute Gasteiger partial charge is 0.207 e. The molecule has 1 unspecified atom stereocenters. The van der Waals surface area contributed by atoms with E-state index in [2.05, 4.69) is 34.9 Å². The maximum absolute atomic E-state index is 10.1. The highest BCUT2D eigenvalue weighted by molar-refractivity contribution is 5.53. The number of carbonyl (C=O) groups is 1. The van der Waals surface area contributed by atoms with Gasteiger partial charge in [0.1, 0.15) is 0 Å². The average Bonchev–Trinajstić information content (AvgIpc) is 2.29. The van der Waals surface area contributed by atoms with Crippen LogP contribution in [0.2, 0.25) is 0 Å². The van der Waals surface area contributed by atoms with Gasteiger partial charge >= 0.3 is 0 Å². The van der Waals surface area contributed by atoms with Gasteiger partial charge in [-0.15, -0.1) is 0 Å². The Morgan fingerprint density at radius 1 is 1.47 bits per heavy atom. The van der Waals surface area contributed by atoms with E-state index in [1.165, 1.54) is 11.3 Å². The molecular weight excluding hydrogens is 188 g/mol. The summed E-state index contributed by atoms with van der Waals surface area (Å²) in [7, 11) is 0. The highest BCUT2D eigenvalue weighted by Gasteiger charge is 2.16. The van der Waals surface area contributed by atoms with Crippen LogP contribution in [-0.4, -0.2) is 19.0 Å². The van der Waals surface area contributed by atoms with Gasteiger partial charge in [-0.05, 0) is 30.9 Å². The molecule has 2 N–H and O–H groups in total. The van der Waals surface area contributed by atoms with Crippen molar-refractivity contribution in [1.29, 1.82) is 0 Å². The number of hydrogen-bond donors (Lipinski definition) is 2. The molecule has 1 heterocycles. The summed E-state index contributed by atoms with van der Waals surface area (Å²) in [6.07, 6.45) is 4.04. The first-order chi connectivity index (χ1) is 7.40. The summed E-state index contributed by atoms with van der Waals surface area (Å²) in [5, 5.41) is 6.20. The van der Waals surface area contributed by atoms with E-state index in [-0.39, 0.29) is 0 Å². The van der Waals surface area contributed by atoms with Gasteiger partial charge in [-0.2, -0.15) is 0 Å². The zero-order chi connectivity index (χ0) is 10.5. The second-order valence-corrected chi connectivity index (χ2v) is 3.90. The molecule has 1 aliphatic heterocycles. The number of carbonyl (C=O) groups excluding carboxylic acids is 1. The SMILES string of the molecule is O=CNCCC1CCc2ccccc2N1. The Bertz CT molecular complexity index is 338. The number of amides is 1. The molecule has 1 aliphatic rings. The van der Waals surface area contributed by atoms with Gasteiger partial charge in [0.05, 0.1) is 0 Å². The molecule has 15 heavy (non-hydrogen) atoms. The molecular formula is C12H16N2O. The summed E-state index contributed by atoms with van der Waals surface area (Å²) >= 11 is 0. The van der Waals surface area contributed by atoms with Gasteiger partial charge in [0.2, 0.25) is 6.41 Å². The lowest BCUT2D eigenvalue weighted by Crippen LogP contribution is -2.29. The summed E-state index contributed by atoms with van der Waals surface area (Å²) < 4.78 is 0. The van der Waals surface area contributed by atoms with E-state index in [1.807, 2.05) is 0 Å². The molecule has 80 valence electrons. The van der Waals surface area contributed by atoms with Crippen molar-refractivity contribution in [1.82, 2.24) is 5.32 Å². The van der Waals surface area contributed by atoms with Gasteiger partial charge in [-0.1, -0.05) is 18.2 Å². The molecule has 1 amide bonds. The molecule has 3 nitrogen and oxygen atoms in total. The van der Waals surface area contributed by atoms with Crippen molar-refractivity contribution in [3.8, 4) is 0 Å². The maximum atomic E-state index is 10.1. The van der Waals surface area contributed by atoms with Crippen molar-refractivity contribution in [2.75, 3.05) is 11.9 Å². The lowest BCUT2D eigenvalue weighted by atomic mass is 9.96. The Balaban J connectivity index is 1.91. The van der Waals surface area contributed by atoms with Crippen molar-refractivity contribution in [3.05, 3.63) is 29.8 Å². The number of aryl methyl sites for hydroxylation is 1. The number of anilines is 1. The van der Waals surface area contributed by atoms with Crippen LogP contribution in [-0.2, 0) is 11.2 Å². The Kier molecular flexibility index (Phi) is 3.22. The van der Waals surface area contributed by atoms with Crippen LogP contribution >= 0.6 is 0 Å². The zero-order valence-corrected chi connectivity index (χ0v) is 8.70. The van der Waals surface area contributed by atoms with Crippen molar-refractivity contribution < 1.29 is 4.79 Å². The van der Waals surface area contributed by atoms with Crippen LogP contribution in [0.5, 0.6) is 0 Å². The topological polar surface area (TPSA) is 41.1 Å². The Hall–Kier alpha value is -1.51. The van der Waals surface area contributed by atoms with Gasteiger partial charge in [0.15, 0.2) is 0 Å². The molecule has 0 radical (unpaired) electrons. The summed E-state index contributed by atoms with van der Waals surface area (Å²) in [5.74, 6) is 0. The minimum absolute atomic E-state index is 0.493. The first-order valence-electron chi connectivity index (χ1n) is 5.41. The van der Waals surface area contributed by atoms with E-state index >= 15 is 0 Å². The molecule has 0 saturated carbocycles. The van der Waals surface area contributed by atoms with E-state index in [0.29, 0.717) is 6.04 Å². The fraction of sp³-hybridized carbons (Fsp3) is 0.417. The van der Waals surface area contributed by atoms with Crippen LogP contribution in [0.1, 0.15) is 18.4 Å². The third-order valence-electron chi connectivity index (χ3n) is 2.86. The first-order valence-corrected chi connectivity index (χ1v) is 5.41. The number of hydrogen-bond acceptors (Lipinski definition) is 2. The predicted octanol–water partition coefficient (Wildman–Crippen LogP) is 1.55. The van der Waals surface area contributed by atoms with Crippen LogP contribution in [0.15, 0.2) is 24.3 Å². The standard InChI is InChI=1S/C12H16N2O/c15-9-13-8-7-11-6-5-10-3-1-2-4-12(10)14-11/h1-4,9,11,14H,5-8H2,(H,13,15). The van der Waals surface area contributed by atoms with Gasteiger partial charge < -0.3 is 10.6 Å². The molecule has 2 rings (SSSR count). The van der Waals surface area contributed by atoms with Crippen LogP contribution in [0, 0.1) is 0 Å². The van der Waals surface area contributed by atoms with Crippen LogP contribution < -0.4 is 10.6 Å². The van der Waals surface area contributed by atoms with Crippen LogP contribution in [0.25, 0.3) is 0 Å². The van der Waals surface area contributed by atoms with Gasteiger partial charge in [-0.25, -0.2) is 0 Å². The van der Waals surface area contributed by atoms with E-state index in [0.717, 1.165) is 32.2 Å². The number of rotatable bonds is 4. The molecule has 0 spiro atoms. The van der Waals surface area contributed by atoms with E-state index in [9.17, 15) is 4.79 Å². The molecule has 1 aromatic carbocycles. The maximum Gasteiger partial charge on any atom is 0.207 e. The van der Waals surface area contributed by atoms with Crippen molar-refractivity contribution in [3.63, 3.8) is 0 Å². The minimum atomic E-state index is 0.493. The zero-order valence-electron chi connectivity index (χ0n) is 8.70. The second-order valence-electron chi connectivity index (χ2n) is 3.90. The van der Waals surface area contributed by atoms with Gasteiger partial charge in [-0.3, -0.25) is 4.79 Å². The highest BCUT2D eigenvalue weighted by atomic mass is 16.1. The number of benzene rings is 1. The highest BCUT2D eigenvalue weighted by Crippen LogP contribution is 2.25. The molecule has 1 atom stereocenters. The Morgan fingerprint density at radius 3 is 3.20 bits per heavy atom. The number of para-hydroxylation sites is 1. The largest absolute Gasteiger partial charge is 0.382 e. The van der Waals surface area contributed by atoms with Crippen molar-refractivity contribution in [2.45, 2.75) is 25.3 Å². The second kappa shape index (κ2) is 4.82. The molecule has 0 saturated heterocycles. The molecule has 0 bridgehead atoms. The first kappa shape index (κ1) is 10.0. The van der Waals surface area contributed by atoms with E-state index in [4.69, 9.17) is 0 Å². The Labute approximate surface area is 89.9 Å². The summed E-state index contributed by atoms with van der Waals surface area (Å²) in [4.78, 5) is 10.1. The van der Waals surface area contributed by atoms with Crippen LogP contribution in [0.3, 0.4) is 0 Å². The molecule has 0 fully saturated rings. The monoisotopic (exact) mass is 204 g/mol. The van der Waals surface area contributed by atoms with E-state index in [1.54, 1.807) is 0 Å². The summed E-state index contributed by atoms with van der Waals surface area (Å²) in [6, 6.07) is 8.91. The van der Waals surface area contributed by atoms with Crippen molar-refractivity contribution in [2.24, 2.45) is 0 Å². The summed E-state index contributed by atoms with van der Waals surface area (Å²) in [6.45, 7) is 0.753. The predicted molar refractivity (Wildman–Crippen MR) is 60.9 cm³/mol. The van der Waals surface area contributed by atoms with Gasteiger partial charge in [0.25, 0.3) is 0 Å². The third kappa shape index (κ3) is 2.49.